The molecule has 3 nitrogen and oxygen atoms in total. The summed E-state index contributed by atoms with van der Waals surface area (Å²) >= 11 is 2.09. The highest BCUT2D eigenvalue weighted by atomic mass is 32.2. The number of hydrogen-bond acceptors (Lipinski definition) is 4. The summed E-state index contributed by atoms with van der Waals surface area (Å²) in [6.07, 6.45) is 3.94. The minimum Gasteiger partial charge on any atom is -0.329 e. The van der Waals surface area contributed by atoms with Crippen molar-refractivity contribution in [2.75, 3.05) is 51.3 Å². The zero-order valence-corrected chi connectivity index (χ0v) is 11.3. The fourth-order valence-electron chi connectivity index (χ4n) is 2.90. The molecule has 0 bridgehead atoms. The molecule has 0 aliphatic carbocycles. The van der Waals surface area contributed by atoms with Crippen LogP contribution in [-0.2, 0) is 0 Å². The molecule has 2 saturated heterocycles. The van der Waals surface area contributed by atoms with Crippen LogP contribution in [0.2, 0.25) is 0 Å². The molecule has 2 rings (SSSR count). The summed E-state index contributed by atoms with van der Waals surface area (Å²) in [7, 11) is 2.23. The number of thioether (sulfide) groups is 1. The van der Waals surface area contributed by atoms with E-state index in [1.807, 2.05) is 0 Å². The van der Waals surface area contributed by atoms with Gasteiger partial charge in [-0.25, -0.2) is 0 Å². The average molecular weight is 243 g/mol. The highest BCUT2D eigenvalue weighted by Crippen LogP contribution is 2.32. The molecule has 0 amide bonds. The molecule has 4 heteroatoms. The van der Waals surface area contributed by atoms with Gasteiger partial charge >= 0.3 is 0 Å². The summed E-state index contributed by atoms with van der Waals surface area (Å²) in [6.45, 7) is 5.72. The van der Waals surface area contributed by atoms with Crippen LogP contribution in [0.5, 0.6) is 0 Å². The van der Waals surface area contributed by atoms with Gasteiger partial charge in [0.05, 0.1) is 0 Å². The van der Waals surface area contributed by atoms with Crippen LogP contribution in [-0.4, -0.2) is 66.6 Å². The van der Waals surface area contributed by atoms with Crippen molar-refractivity contribution < 1.29 is 0 Å². The summed E-state index contributed by atoms with van der Waals surface area (Å²) < 4.78 is 0. The van der Waals surface area contributed by atoms with Crippen LogP contribution < -0.4 is 5.73 Å². The summed E-state index contributed by atoms with van der Waals surface area (Å²) in [4.78, 5) is 5.13. The Hall–Kier alpha value is 0.230. The van der Waals surface area contributed by atoms with Gasteiger partial charge in [-0.05, 0) is 38.6 Å². The molecule has 94 valence electrons. The molecular formula is C12H25N3S. The van der Waals surface area contributed by atoms with E-state index in [2.05, 4.69) is 28.6 Å². The smallest absolute Gasteiger partial charge is 0.0422 e. The molecule has 2 aliphatic heterocycles. The van der Waals surface area contributed by atoms with E-state index in [1.165, 1.54) is 56.9 Å². The third-order valence-electron chi connectivity index (χ3n) is 4.07. The Morgan fingerprint density at radius 1 is 1.19 bits per heavy atom. The minimum atomic E-state index is 0.314. The first-order chi connectivity index (χ1) is 7.77. The molecule has 2 aliphatic rings. The Kier molecular flexibility index (Phi) is 4.53. The zero-order valence-electron chi connectivity index (χ0n) is 10.5. The van der Waals surface area contributed by atoms with Gasteiger partial charge in [0.2, 0.25) is 0 Å². The van der Waals surface area contributed by atoms with E-state index >= 15 is 0 Å². The van der Waals surface area contributed by atoms with Crippen molar-refractivity contribution in [1.82, 2.24) is 9.80 Å². The maximum Gasteiger partial charge on any atom is 0.0422 e. The second-order valence-corrected chi connectivity index (χ2v) is 6.33. The molecule has 1 atom stereocenters. The molecule has 0 aromatic carbocycles. The van der Waals surface area contributed by atoms with Crippen molar-refractivity contribution in [2.45, 2.75) is 24.8 Å². The van der Waals surface area contributed by atoms with Gasteiger partial charge in [-0.15, -0.1) is 0 Å². The molecule has 2 N–H and O–H groups in total. The van der Waals surface area contributed by atoms with E-state index in [4.69, 9.17) is 5.73 Å². The number of likely N-dealkylation sites (N-methyl/N-ethyl adjacent to an activating group) is 1. The summed E-state index contributed by atoms with van der Waals surface area (Å²) in [5, 5.41) is 0. The van der Waals surface area contributed by atoms with Crippen molar-refractivity contribution in [3.63, 3.8) is 0 Å². The van der Waals surface area contributed by atoms with Gasteiger partial charge in [0.1, 0.15) is 0 Å². The van der Waals surface area contributed by atoms with Gasteiger partial charge in [-0.1, -0.05) is 0 Å². The summed E-state index contributed by atoms with van der Waals surface area (Å²) in [5.74, 6) is 2.57. The third-order valence-corrected chi connectivity index (χ3v) is 5.39. The maximum atomic E-state index is 6.09. The lowest BCUT2D eigenvalue weighted by atomic mass is 9.93. The minimum absolute atomic E-state index is 0.314. The van der Waals surface area contributed by atoms with Crippen LogP contribution in [0.1, 0.15) is 19.3 Å². The van der Waals surface area contributed by atoms with Crippen LogP contribution in [0.15, 0.2) is 0 Å². The third kappa shape index (κ3) is 2.73. The normalized spacial score (nSPS) is 34.9. The molecule has 0 saturated carbocycles. The first kappa shape index (κ1) is 12.7. The van der Waals surface area contributed by atoms with Gasteiger partial charge in [0.25, 0.3) is 0 Å². The number of nitrogens with zero attached hydrogens (tertiary/aromatic N) is 2. The van der Waals surface area contributed by atoms with E-state index in [-0.39, 0.29) is 0 Å². The highest BCUT2D eigenvalue weighted by molar-refractivity contribution is 7.99. The average Bonchev–Trinajstić information content (AvgIpc) is 2.55. The second-order valence-electron chi connectivity index (χ2n) is 5.23. The van der Waals surface area contributed by atoms with Gasteiger partial charge in [0, 0.05) is 37.5 Å². The number of rotatable bonds is 2. The Balaban J connectivity index is 2.01. The van der Waals surface area contributed by atoms with Crippen molar-refractivity contribution in [2.24, 2.45) is 5.73 Å². The predicted molar refractivity (Wildman–Crippen MR) is 72.0 cm³/mol. The van der Waals surface area contributed by atoms with Crippen molar-refractivity contribution in [3.05, 3.63) is 0 Å². The van der Waals surface area contributed by atoms with Crippen molar-refractivity contribution >= 4 is 11.8 Å². The topological polar surface area (TPSA) is 32.5 Å². The zero-order chi connectivity index (χ0) is 11.4. The van der Waals surface area contributed by atoms with Crippen LogP contribution >= 0.6 is 11.8 Å². The maximum absolute atomic E-state index is 6.09. The van der Waals surface area contributed by atoms with Gasteiger partial charge < -0.3 is 10.6 Å². The molecule has 0 aromatic heterocycles. The Morgan fingerprint density at radius 2 is 2.06 bits per heavy atom. The fourth-order valence-corrected chi connectivity index (χ4v) is 4.22. The molecule has 0 spiro atoms. The standard InChI is InChI=1S/C12H25N3S/c1-14-5-3-6-15(8-7-14)12(10-13)4-2-9-16-11-12/h2-11,13H2,1H3. The SMILES string of the molecule is CN1CCCN(C2(CN)CCCSC2)CC1. The number of nitrogens with two attached hydrogens (primary N) is 1. The number of hydrogen-bond donors (Lipinski definition) is 1. The van der Waals surface area contributed by atoms with Crippen molar-refractivity contribution in [1.29, 1.82) is 0 Å². The van der Waals surface area contributed by atoms with E-state index in [1.54, 1.807) is 0 Å². The van der Waals surface area contributed by atoms with Crippen molar-refractivity contribution in [3.8, 4) is 0 Å². The summed E-state index contributed by atoms with van der Waals surface area (Å²) in [5.41, 5.74) is 6.40. The summed E-state index contributed by atoms with van der Waals surface area (Å²) in [6, 6.07) is 0. The molecular weight excluding hydrogens is 218 g/mol. The fraction of sp³-hybridized carbons (Fsp3) is 1.00. The van der Waals surface area contributed by atoms with Crippen LogP contribution in [0, 0.1) is 0 Å². The first-order valence-electron chi connectivity index (χ1n) is 6.48. The predicted octanol–water partition coefficient (Wildman–Crippen LogP) is 0.848. The van der Waals surface area contributed by atoms with Gasteiger partial charge in [-0.3, -0.25) is 4.90 Å². The highest BCUT2D eigenvalue weighted by Gasteiger charge is 2.37. The van der Waals surface area contributed by atoms with E-state index in [0.29, 0.717) is 5.54 Å². The molecule has 0 aromatic rings. The largest absolute Gasteiger partial charge is 0.329 e. The van der Waals surface area contributed by atoms with Crippen LogP contribution in [0.25, 0.3) is 0 Å². The van der Waals surface area contributed by atoms with Gasteiger partial charge in [0.15, 0.2) is 0 Å². The first-order valence-corrected chi connectivity index (χ1v) is 7.64. The molecule has 2 fully saturated rings. The Morgan fingerprint density at radius 3 is 2.75 bits per heavy atom. The molecule has 1 unspecified atom stereocenters. The van der Waals surface area contributed by atoms with Crippen LogP contribution in [0.4, 0.5) is 0 Å². The second kappa shape index (κ2) is 5.71. The Bertz CT molecular complexity index is 216. The molecule has 16 heavy (non-hydrogen) atoms. The lowest BCUT2D eigenvalue weighted by molar-refractivity contribution is 0.107. The van der Waals surface area contributed by atoms with E-state index in [9.17, 15) is 0 Å². The lowest BCUT2D eigenvalue weighted by Crippen LogP contribution is -2.58. The monoisotopic (exact) mass is 243 g/mol. The lowest BCUT2D eigenvalue weighted by Gasteiger charge is -2.45. The Labute approximate surface area is 104 Å². The molecule has 0 radical (unpaired) electrons. The van der Waals surface area contributed by atoms with E-state index in [0.717, 1.165) is 6.54 Å². The van der Waals surface area contributed by atoms with Gasteiger partial charge in [-0.2, -0.15) is 11.8 Å². The van der Waals surface area contributed by atoms with E-state index < -0.39 is 0 Å². The quantitative estimate of drug-likeness (QED) is 0.779. The van der Waals surface area contributed by atoms with Crippen LogP contribution in [0.3, 0.4) is 0 Å². The molecule has 2 heterocycles.